The topological polar surface area (TPSA) is 64.5 Å². The molecule has 102 valence electrons. The molecule has 4 N–H and O–H groups in total. The standard InChI is InChI=1S/C14H25N3O/c1-9-6-13(18-5)10(2)11(3)14(9)17(4)8-12(16)7-15/h6,12H,7-8,15-16H2,1-5H3. The molecule has 1 atom stereocenters. The highest BCUT2D eigenvalue weighted by atomic mass is 16.5. The second-order valence-electron chi connectivity index (χ2n) is 4.87. The molecular weight excluding hydrogens is 226 g/mol. The number of ether oxygens (including phenoxy) is 1. The molecule has 0 aliphatic carbocycles. The summed E-state index contributed by atoms with van der Waals surface area (Å²) in [5, 5.41) is 0. The Morgan fingerprint density at radius 1 is 1.28 bits per heavy atom. The van der Waals surface area contributed by atoms with Crippen molar-refractivity contribution in [1.82, 2.24) is 0 Å². The molecule has 4 heteroatoms. The summed E-state index contributed by atoms with van der Waals surface area (Å²) in [6, 6.07) is 2.07. The van der Waals surface area contributed by atoms with Gasteiger partial charge in [-0.1, -0.05) is 0 Å². The third-order valence-corrected chi connectivity index (χ3v) is 3.42. The summed E-state index contributed by atoms with van der Waals surface area (Å²) in [6.45, 7) is 7.54. The molecule has 18 heavy (non-hydrogen) atoms. The van der Waals surface area contributed by atoms with Crippen molar-refractivity contribution in [3.05, 3.63) is 22.8 Å². The predicted octanol–water partition coefficient (Wildman–Crippen LogP) is 1.34. The maximum Gasteiger partial charge on any atom is 0.122 e. The lowest BCUT2D eigenvalue weighted by Gasteiger charge is -2.27. The molecule has 1 aromatic rings. The van der Waals surface area contributed by atoms with Gasteiger partial charge in [0.2, 0.25) is 0 Å². The van der Waals surface area contributed by atoms with E-state index in [9.17, 15) is 0 Å². The van der Waals surface area contributed by atoms with Crippen LogP contribution in [0.3, 0.4) is 0 Å². The minimum Gasteiger partial charge on any atom is -0.496 e. The Morgan fingerprint density at radius 2 is 1.89 bits per heavy atom. The number of rotatable bonds is 5. The molecule has 4 nitrogen and oxygen atoms in total. The third-order valence-electron chi connectivity index (χ3n) is 3.42. The van der Waals surface area contributed by atoms with E-state index in [4.69, 9.17) is 16.2 Å². The van der Waals surface area contributed by atoms with E-state index >= 15 is 0 Å². The molecule has 0 aromatic heterocycles. The van der Waals surface area contributed by atoms with Crippen molar-refractivity contribution in [2.45, 2.75) is 26.8 Å². The van der Waals surface area contributed by atoms with Gasteiger partial charge in [-0.25, -0.2) is 0 Å². The maximum atomic E-state index is 5.91. The number of methoxy groups -OCH3 is 1. The van der Waals surface area contributed by atoms with Crippen LogP contribution in [-0.4, -0.2) is 33.3 Å². The summed E-state index contributed by atoms with van der Waals surface area (Å²) in [6.07, 6.45) is 0. The molecule has 0 aliphatic heterocycles. The number of aryl methyl sites for hydroxylation is 1. The third kappa shape index (κ3) is 2.94. The maximum absolute atomic E-state index is 5.91. The smallest absolute Gasteiger partial charge is 0.122 e. The first-order chi connectivity index (χ1) is 8.42. The molecule has 0 amide bonds. The van der Waals surface area contributed by atoms with Crippen LogP contribution in [0, 0.1) is 20.8 Å². The molecule has 1 unspecified atom stereocenters. The second-order valence-corrected chi connectivity index (χ2v) is 4.87. The van der Waals surface area contributed by atoms with Crippen molar-refractivity contribution in [2.24, 2.45) is 11.5 Å². The van der Waals surface area contributed by atoms with E-state index < -0.39 is 0 Å². The summed E-state index contributed by atoms with van der Waals surface area (Å²) < 4.78 is 5.38. The average Bonchev–Trinajstić information content (AvgIpc) is 2.33. The second kappa shape index (κ2) is 6.07. The van der Waals surface area contributed by atoms with E-state index in [2.05, 4.69) is 38.8 Å². The quantitative estimate of drug-likeness (QED) is 0.829. The lowest BCUT2D eigenvalue weighted by molar-refractivity contribution is 0.411. The van der Waals surface area contributed by atoms with Crippen LogP contribution < -0.4 is 21.1 Å². The molecule has 1 aromatic carbocycles. The van der Waals surface area contributed by atoms with E-state index in [1.54, 1.807) is 7.11 Å². The highest BCUT2D eigenvalue weighted by Gasteiger charge is 2.15. The van der Waals surface area contributed by atoms with Crippen molar-refractivity contribution in [3.8, 4) is 5.75 Å². The zero-order valence-corrected chi connectivity index (χ0v) is 12.1. The summed E-state index contributed by atoms with van der Waals surface area (Å²) in [7, 11) is 3.76. The normalized spacial score (nSPS) is 12.4. The zero-order valence-electron chi connectivity index (χ0n) is 12.1. The molecule has 0 saturated carbocycles. The molecule has 0 fully saturated rings. The Balaban J connectivity index is 3.13. The van der Waals surface area contributed by atoms with Crippen LogP contribution in [0.5, 0.6) is 5.75 Å². The van der Waals surface area contributed by atoms with Gasteiger partial charge in [-0.15, -0.1) is 0 Å². The summed E-state index contributed by atoms with van der Waals surface area (Å²) in [5.74, 6) is 0.935. The number of anilines is 1. The van der Waals surface area contributed by atoms with Crippen molar-refractivity contribution in [3.63, 3.8) is 0 Å². The van der Waals surface area contributed by atoms with E-state index in [1.165, 1.54) is 22.4 Å². The Bertz CT molecular complexity index is 418. The van der Waals surface area contributed by atoms with Crippen LogP contribution in [0.1, 0.15) is 16.7 Å². The van der Waals surface area contributed by atoms with Crippen molar-refractivity contribution in [2.75, 3.05) is 32.1 Å². The lowest BCUT2D eigenvalue weighted by Crippen LogP contribution is -2.41. The fourth-order valence-corrected chi connectivity index (χ4v) is 2.35. The van der Waals surface area contributed by atoms with Crippen LogP contribution >= 0.6 is 0 Å². The molecule has 1 rings (SSSR count). The van der Waals surface area contributed by atoms with Gasteiger partial charge in [0.15, 0.2) is 0 Å². The number of hydrogen-bond acceptors (Lipinski definition) is 4. The summed E-state index contributed by atoms with van der Waals surface area (Å²) >= 11 is 0. The van der Waals surface area contributed by atoms with E-state index in [1.807, 2.05) is 0 Å². The van der Waals surface area contributed by atoms with Gasteiger partial charge in [-0.3, -0.25) is 0 Å². The van der Waals surface area contributed by atoms with Crippen LogP contribution in [0.25, 0.3) is 0 Å². The molecule has 0 saturated heterocycles. The highest BCUT2D eigenvalue weighted by Crippen LogP contribution is 2.33. The number of benzene rings is 1. The van der Waals surface area contributed by atoms with Gasteiger partial charge >= 0.3 is 0 Å². The molecule has 0 spiro atoms. The first kappa shape index (κ1) is 14.8. The minimum atomic E-state index is -0.00351. The minimum absolute atomic E-state index is 0.00351. The Labute approximate surface area is 110 Å². The molecule has 0 heterocycles. The first-order valence-electron chi connectivity index (χ1n) is 6.23. The summed E-state index contributed by atoms with van der Waals surface area (Å²) in [5.41, 5.74) is 16.3. The fraction of sp³-hybridized carbons (Fsp3) is 0.571. The number of hydrogen-bond donors (Lipinski definition) is 2. The average molecular weight is 251 g/mol. The van der Waals surface area contributed by atoms with Gasteiger partial charge in [-0.05, 0) is 43.5 Å². The predicted molar refractivity (Wildman–Crippen MR) is 77.5 cm³/mol. The van der Waals surface area contributed by atoms with Crippen LogP contribution in [0.4, 0.5) is 5.69 Å². The fourth-order valence-electron chi connectivity index (χ4n) is 2.35. The zero-order chi connectivity index (χ0) is 13.9. The highest BCUT2D eigenvalue weighted by molar-refractivity contribution is 5.64. The largest absolute Gasteiger partial charge is 0.496 e. The molecule has 0 bridgehead atoms. The number of nitrogens with zero attached hydrogens (tertiary/aromatic N) is 1. The van der Waals surface area contributed by atoms with Gasteiger partial charge in [-0.2, -0.15) is 0 Å². The molecule has 0 radical (unpaired) electrons. The van der Waals surface area contributed by atoms with Crippen molar-refractivity contribution >= 4 is 5.69 Å². The van der Waals surface area contributed by atoms with Crippen LogP contribution in [0.15, 0.2) is 6.07 Å². The van der Waals surface area contributed by atoms with Crippen molar-refractivity contribution < 1.29 is 4.74 Å². The Hall–Kier alpha value is -1.26. The van der Waals surface area contributed by atoms with Gasteiger partial charge in [0.25, 0.3) is 0 Å². The van der Waals surface area contributed by atoms with Gasteiger partial charge in [0.1, 0.15) is 5.75 Å². The van der Waals surface area contributed by atoms with E-state index in [0.717, 1.165) is 12.3 Å². The monoisotopic (exact) mass is 251 g/mol. The molecule has 0 aliphatic rings. The van der Waals surface area contributed by atoms with E-state index in [-0.39, 0.29) is 6.04 Å². The molecular formula is C14H25N3O. The van der Waals surface area contributed by atoms with Crippen LogP contribution in [0.2, 0.25) is 0 Å². The first-order valence-corrected chi connectivity index (χ1v) is 6.23. The van der Waals surface area contributed by atoms with E-state index in [0.29, 0.717) is 6.54 Å². The lowest BCUT2D eigenvalue weighted by atomic mass is 10.0. The van der Waals surface area contributed by atoms with Crippen LogP contribution in [-0.2, 0) is 0 Å². The summed E-state index contributed by atoms with van der Waals surface area (Å²) in [4.78, 5) is 2.18. The Morgan fingerprint density at radius 3 is 2.39 bits per heavy atom. The van der Waals surface area contributed by atoms with Crippen molar-refractivity contribution in [1.29, 1.82) is 0 Å². The van der Waals surface area contributed by atoms with Gasteiger partial charge in [0.05, 0.1) is 7.11 Å². The number of likely N-dealkylation sites (N-methyl/N-ethyl adjacent to an activating group) is 1. The SMILES string of the molecule is COc1cc(C)c(N(C)CC(N)CN)c(C)c1C. The van der Waals surface area contributed by atoms with Gasteiger partial charge in [0, 0.05) is 31.9 Å². The number of nitrogens with two attached hydrogens (primary N) is 2. The Kier molecular flexibility index (Phi) is 4.99. The van der Waals surface area contributed by atoms with Gasteiger partial charge < -0.3 is 21.1 Å².